The molecule has 1 saturated carbocycles. The summed E-state index contributed by atoms with van der Waals surface area (Å²) < 4.78 is 0. The van der Waals surface area contributed by atoms with Gasteiger partial charge in [0.15, 0.2) is 5.84 Å². The molecule has 4 nitrogen and oxygen atoms in total. The Balaban J connectivity index is 1.85. The lowest BCUT2D eigenvalue weighted by atomic mass is 9.99. The molecule has 1 aliphatic rings. The van der Waals surface area contributed by atoms with Gasteiger partial charge in [-0.3, -0.25) is 0 Å². The number of amidine groups is 1. The second kappa shape index (κ2) is 6.57. The summed E-state index contributed by atoms with van der Waals surface area (Å²) in [5, 5.41) is 15.2. The number of nitrogens with two attached hydrogens (primary N) is 1. The number of nitrogens with one attached hydrogen (secondary N) is 1. The highest BCUT2D eigenvalue weighted by Gasteiger charge is 2.20. The van der Waals surface area contributed by atoms with Crippen molar-refractivity contribution in [1.82, 2.24) is 5.32 Å². The molecule has 0 amide bonds. The Morgan fingerprint density at radius 3 is 2.58 bits per heavy atom. The van der Waals surface area contributed by atoms with Crippen LogP contribution in [-0.2, 0) is 6.54 Å². The highest BCUT2D eigenvalue weighted by molar-refractivity contribution is 5.96. The Morgan fingerprint density at radius 2 is 2.00 bits per heavy atom. The van der Waals surface area contributed by atoms with Gasteiger partial charge in [-0.2, -0.15) is 0 Å². The molecule has 4 N–H and O–H groups in total. The van der Waals surface area contributed by atoms with E-state index in [1.165, 1.54) is 31.2 Å². The number of benzene rings is 1. The molecule has 0 aromatic heterocycles. The van der Waals surface area contributed by atoms with Crippen molar-refractivity contribution in [1.29, 1.82) is 0 Å². The monoisotopic (exact) mass is 261 g/mol. The molecular weight excluding hydrogens is 238 g/mol. The minimum atomic E-state index is 0.152. The maximum Gasteiger partial charge on any atom is 0.170 e. The molecule has 2 rings (SSSR count). The third-order valence-electron chi connectivity index (χ3n) is 4.09. The molecule has 0 saturated heterocycles. The summed E-state index contributed by atoms with van der Waals surface area (Å²) in [6.07, 6.45) is 5.48. The maximum atomic E-state index is 8.61. The number of hydrogen-bond donors (Lipinski definition) is 3. The van der Waals surface area contributed by atoms with Crippen molar-refractivity contribution >= 4 is 5.84 Å². The van der Waals surface area contributed by atoms with Crippen molar-refractivity contribution in [2.75, 3.05) is 0 Å². The first kappa shape index (κ1) is 13.9. The zero-order chi connectivity index (χ0) is 13.7. The highest BCUT2D eigenvalue weighted by atomic mass is 16.4. The minimum absolute atomic E-state index is 0.152. The first-order valence-electron chi connectivity index (χ1n) is 7.01. The maximum absolute atomic E-state index is 8.61. The normalized spacial score (nSPS) is 18.7. The fourth-order valence-corrected chi connectivity index (χ4v) is 2.75. The predicted octanol–water partition coefficient (Wildman–Crippen LogP) is 2.45. The Labute approximate surface area is 114 Å². The standard InChI is InChI=1S/C15H23N3O/c1-11(13-4-2-3-5-13)17-10-12-6-8-14(9-7-12)15(16)18-19/h6-9,11,13,17,19H,2-5,10H2,1H3,(H2,16,18)/t11-/m0/s1. The zero-order valence-corrected chi connectivity index (χ0v) is 11.5. The first-order valence-corrected chi connectivity index (χ1v) is 7.01. The molecule has 104 valence electrons. The van der Waals surface area contributed by atoms with E-state index in [2.05, 4.69) is 17.4 Å². The van der Waals surface area contributed by atoms with Crippen LogP contribution in [0, 0.1) is 5.92 Å². The van der Waals surface area contributed by atoms with E-state index in [0.29, 0.717) is 6.04 Å². The average Bonchev–Trinajstić information content (AvgIpc) is 2.98. The van der Waals surface area contributed by atoms with Crippen LogP contribution in [0.5, 0.6) is 0 Å². The van der Waals surface area contributed by atoms with Gasteiger partial charge in [0.2, 0.25) is 0 Å². The van der Waals surface area contributed by atoms with Crippen molar-refractivity contribution < 1.29 is 5.21 Å². The van der Waals surface area contributed by atoms with Crippen LogP contribution < -0.4 is 11.1 Å². The van der Waals surface area contributed by atoms with Gasteiger partial charge in [0.1, 0.15) is 0 Å². The van der Waals surface area contributed by atoms with Gasteiger partial charge < -0.3 is 16.3 Å². The van der Waals surface area contributed by atoms with Crippen LogP contribution in [0.3, 0.4) is 0 Å². The average molecular weight is 261 g/mol. The third kappa shape index (κ3) is 3.70. The number of hydrogen-bond acceptors (Lipinski definition) is 3. The van der Waals surface area contributed by atoms with Crippen LogP contribution in [0.4, 0.5) is 0 Å². The Kier molecular flexibility index (Phi) is 4.80. The van der Waals surface area contributed by atoms with Gasteiger partial charge in [0.25, 0.3) is 0 Å². The van der Waals surface area contributed by atoms with Gasteiger partial charge in [-0.05, 0) is 31.2 Å². The fraction of sp³-hybridized carbons (Fsp3) is 0.533. The predicted molar refractivity (Wildman–Crippen MR) is 77.2 cm³/mol. The number of nitrogens with zero attached hydrogens (tertiary/aromatic N) is 1. The van der Waals surface area contributed by atoms with Crippen molar-refractivity contribution in [3.05, 3.63) is 35.4 Å². The highest BCUT2D eigenvalue weighted by Crippen LogP contribution is 2.27. The zero-order valence-electron chi connectivity index (χ0n) is 11.5. The Bertz CT molecular complexity index is 422. The molecule has 0 radical (unpaired) electrons. The molecule has 1 fully saturated rings. The van der Waals surface area contributed by atoms with Gasteiger partial charge in [-0.15, -0.1) is 0 Å². The molecule has 0 bridgehead atoms. The van der Waals surface area contributed by atoms with E-state index in [4.69, 9.17) is 10.9 Å². The van der Waals surface area contributed by atoms with E-state index >= 15 is 0 Å². The van der Waals surface area contributed by atoms with Crippen LogP contribution in [0.25, 0.3) is 0 Å². The quantitative estimate of drug-likeness (QED) is 0.330. The summed E-state index contributed by atoms with van der Waals surface area (Å²) in [6.45, 7) is 3.15. The van der Waals surface area contributed by atoms with Crippen molar-refractivity contribution in [3.63, 3.8) is 0 Å². The largest absolute Gasteiger partial charge is 0.409 e. The third-order valence-corrected chi connectivity index (χ3v) is 4.09. The molecule has 0 spiro atoms. The van der Waals surface area contributed by atoms with E-state index in [1.54, 1.807) is 0 Å². The van der Waals surface area contributed by atoms with Crippen molar-refractivity contribution in [2.45, 2.75) is 45.2 Å². The summed E-state index contributed by atoms with van der Waals surface area (Å²) >= 11 is 0. The smallest absolute Gasteiger partial charge is 0.170 e. The molecule has 0 aliphatic heterocycles. The van der Waals surface area contributed by atoms with Crippen molar-refractivity contribution in [3.8, 4) is 0 Å². The number of rotatable bonds is 5. The molecular formula is C15H23N3O. The lowest BCUT2D eigenvalue weighted by Crippen LogP contribution is -2.31. The van der Waals surface area contributed by atoms with Gasteiger partial charge >= 0.3 is 0 Å². The molecule has 0 unspecified atom stereocenters. The second-order valence-corrected chi connectivity index (χ2v) is 5.40. The van der Waals surface area contributed by atoms with E-state index < -0.39 is 0 Å². The van der Waals surface area contributed by atoms with Crippen LogP contribution in [0.2, 0.25) is 0 Å². The summed E-state index contributed by atoms with van der Waals surface area (Å²) in [4.78, 5) is 0. The summed E-state index contributed by atoms with van der Waals surface area (Å²) in [6, 6.07) is 8.37. The lowest BCUT2D eigenvalue weighted by Gasteiger charge is -2.20. The minimum Gasteiger partial charge on any atom is -0.409 e. The molecule has 1 aromatic rings. The fourth-order valence-electron chi connectivity index (χ4n) is 2.75. The SMILES string of the molecule is C[C@H](NCc1ccc(/C(N)=N/O)cc1)C1CCCC1. The van der Waals surface area contributed by atoms with Crippen LogP contribution in [0.15, 0.2) is 29.4 Å². The summed E-state index contributed by atoms with van der Waals surface area (Å²) in [7, 11) is 0. The van der Waals surface area contributed by atoms with Gasteiger partial charge in [0.05, 0.1) is 0 Å². The molecule has 4 heteroatoms. The Hall–Kier alpha value is -1.55. The molecule has 0 heterocycles. The van der Waals surface area contributed by atoms with E-state index in [-0.39, 0.29) is 5.84 Å². The van der Waals surface area contributed by atoms with Gasteiger partial charge in [-0.25, -0.2) is 0 Å². The summed E-state index contributed by atoms with van der Waals surface area (Å²) in [5.41, 5.74) is 7.50. The molecule has 1 atom stereocenters. The van der Waals surface area contributed by atoms with Crippen LogP contribution in [-0.4, -0.2) is 17.1 Å². The van der Waals surface area contributed by atoms with Crippen LogP contribution >= 0.6 is 0 Å². The lowest BCUT2D eigenvalue weighted by molar-refractivity contribution is 0.318. The van der Waals surface area contributed by atoms with Crippen molar-refractivity contribution in [2.24, 2.45) is 16.8 Å². The molecule has 1 aromatic carbocycles. The van der Waals surface area contributed by atoms with Gasteiger partial charge in [0, 0.05) is 18.2 Å². The van der Waals surface area contributed by atoms with E-state index in [0.717, 1.165) is 18.0 Å². The van der Waals surface area contributed by atoms with Crippen LogP contribution in [0.1, 0.15) is 43.7 Å². The summed E-state index contributed by atoms with van der Waals surface area (Å²) in [5.74, 6) is 0.982. The molecule has 19 heavy (non-hydrogen) atoms. The van der Waals surface area contributed by atoms with E-state index in [9.17, 15) is 0 Å². The molecule has 1 aliphatic carbocycles. The Morgan fingerprint density at radius 1 is 1.37 bits per heavy atom. The van der Waals surface area contributed by atoms with E-state index in [1.807, 2.05) is 24.3 Å². The first-order chi connectivity index (χ1) is 9.20. The topological polar surface area (TPSA) is 70.6 Å². The van der Waals surface area contributed by atoms with Gasteiger partial charge in [-0.1, -0.05) is 42.3 Å². The number of oxime groups is 1. The second-order valence-electron chi connectivity index (χ2n) is 5.40.